The monoisotopic (exact) mass is 744 g/mol. The summed E-state index contributed by atoms with van der Waals surface area (Å²) in [5, 5.41) is 5.37. The summed E-state index contributed by atoms with van der Waals surface area (Å²) >= 11 is 0. The lowest BCUT2D eigenvalue weighted by Crippen LogP contribution is -2.75. The van der Waals surface area contributed by atoms with E-state index in [0.29, 0.717) is 5.92 Å². The molecule has 0 N–H and O–H groups in total. The second-order valence-electron chi connectivity index (χ2n) is 17.1. The molecule has 3 aliphatic rings. The van der Waals surface area contributed by atoms with E-state index in [4.69, 9.17) is 9.47 Å². The van der Waals surface area contributed by atoms with Crippen LogP contribution in [0.25, 0.3) is 11.1 Å². The van der Waals surface area contributed by atoms with Crippen LogP contribution in [0.15, 0.2) is 164 Å². The molecule has 0 amide bonds. The van der Waals surface area contributed by atoms with Crippen LogP contribution < -0.4 is 30.2 Å². The van der Waals surface area contributed by atoms with Crippen LogP contribution in [0.5, 0.6) is 23.0 Å². The lowest BCUT2D eigenvalue weighted by molar-refractivity contribution is 0.419. The van der Waals surface area contributed by atoms with Gasteiger partial charge in [-0.25, -0.2) is 0 Å². The summed E-state index contributed by atoms with van der Waals surface area (Å²) in [6, 6.07) is 61.0. The average Bonchev–Trinajstić information content (AvgIpc) is 3.78. The summed E-state index contributed by atoms with van der Waals surface area (Å²) < 4.78 is 14.1. The molecule has 7 aromatic carbocycles. The predicted molar refractivity (Wildman–Crippen MR) is 234 cm³/mol. The maximum atomic E-state index is 7.17. The van der Waals surface area contributed by atoms with Crippen molar-refractivity contribution in [3.63, 3.8) is 0 Å². The van der Waals surface area contributed by atoms with Crippen LogP contribution in [0.3, 0.4) is 0 Å². The molecular weight excluding hydrogens is 697 g/mol. The highest BCUT2D eigenvalue weighted by Gasteiger charge is 2.47. The van der Waals surface area contributed by atoms with Gasteiger partial charge in [-0.1, -0.05) is 192 Å². The molecule has 0 radical (unpaired) electrons. The summed E-state index contributed by atoms with van der Waals surface area (Å²) in [6.07, 6.45) is 4.90. The van der Waals surface area contributed by atoms with E-state index in [1.165, 1.54) is 85.4 Å². The van der Waals surface area contributed by atoms with Crippen LogP contribution in [0.4, 0.5) is 0 Å². The van der Waals surface area contributed by atoms with Gasteiger partial charge in [-0.05, 0) is 62.8 Å². The molecule has 0 saturated heterocycles. The van der Waals surface area contributed by atoms with Gasteiger partial charge >= 0.3 is 0 Å². The van der Waals surface area contributed by atoms with E-state index in [0.717, 1.165) is 23.0 Å². The Labute approximate surface area is 332 Å². The fraction of sp³-hybridized carbons (Fsp3) is 0.208. The van der Waals surface area contributed by atoms with Crippen LogP contribution in [0.1, 0.15) is 87.1 Å². The smallest absolute Gasteiger partial charge is 0.184 e. The van der Waals surface area contributed by atoms with Crippen molar-refractivity contribution in [2.75, 3.05) is 0 Å². The average molecular weight is 745 g/mol. The van der Waals surface area contributed by atoms with Crippen molar-refractivity contribution in [3.05, 3.63) is 192 Å². The molecule has 1 saturated carbocycles. The molecule has 0 bridgehead atoms. The van der Waals surface area contributed by atoms with E-state index in [1.54, 1.807) is 0 Å². The lowest BCUT2D eigenvalue weighted by atomic mass is 9.74. The Kier molecular flexibility index (Phi) is 8.23. The molecule has 56 heavy (non-hydrogen) atoms. The molecule has 1 aliphatic carbocycles. The molecule has 2 nitrogen and oxygen atoms in total. The number of hydrogen-bond donors (Lipinski definition) is 0. The van der Waals surface area contributed by atoms with Gasteiger partial charge in [0, 0.05) is 38.6 Å². The molecule has 2 heterocycles. The summed E-state index contributed by atoms with van der Waals surface area (Å²) in [5.41, 5.74) is 8.43. The molecule has 10 rings (SSSR count). The molecule has 0 atom stereocenters. The second-order valence-corrected chi connectivity index (χ2v) is 20.8. The Balaban J connectivity index is 1.26. The van der Waals surface area contributed by atoms with Gasteiger partial charge in [0.25, 0.3) is 0 Å². The zero-order chi connectivity index (χ0) is 38.1. The van der Waals surface area contributed by atoms with Crippen molar-refractivity contribution in [2.45, 2.75) is 70.1 Å². The zero-order valence-corrected chi connectivity index (χ0v) is 33.8. The second kappa shape index (κ2) is 13.2. The number of ether oxygens (including phenoxy) is 2. The van der Waals surface area contributed by atoms with E-state index in [9.17, 15) is 0 Å². The number of benzene rings is 7. The molecule has 0 spiro atoms. The Morgan fingerprint density at radius 1 is 0.446 bits per heavy atom. The van der Waals surface area contributed by atoms with Gasteiger partial charge in [-0.15, -0.1) is 0 Å². The molecule has 7 aromatic rings. The largest absolute Gasteiger partial charge is 0.457 e. The Hall–Kier alpha value is -5.64. The molecular formula is C53H48O2Si. The van der Waals surface area contributed by atoms with Gasteiger partial charge in [-0.2, -0.15) is 0 Å². The SMILES string of the molecule is CC1(C)c2ccccc2Oc2c(-c3ccc([Si](c4ccccc4)(c4ccccc4)c4cccc5c4Oc4ccccc4C5(C)C)cc3C3CCCC3)cccc21. The minimum atomic E-state index is -3.02. The van der Waals surface area contributed by atoms with Crippen molar-refractivity contribution in [2.24, 2.45) is 0 Å². The predicted octanol–water partition coefficient (Wildman–Crippen LogP) is 11.3. The van der Waals surface area contributed by atoms with Crippen LogP contribution in [0, 0.1) is 0 Å². The fourth-order valence-electron chi connectivity index (χ4n) is 10.4. The third-order valence-electron chi connectivity index (χ3n) is 13.3. The Morgan fingerprint density at radius 3 is 1.55 bits per heavy atom. The van der Waals surface area contributed by atoms with E-state index >= 15 is 0 Å². The molecule has 0 aromatic heterocycles. The van der Waals surface area contributed by atoms with Gasteiger partial charge in [0.05, 0.1) is 0 Å². The van der Waals surface area contributed by atoms with Crippen LogP contribution >= 0.6 is 0 Å². The maximum absolute atomic E-state index is 7.17. The number of para-hydroxylation sites is 4. The fourth-order valence-corrected chi connectivity index (χ4v) is 15.3. The first-order chi connectivity index (χ1) is 27.3. The first-order valence-corrected chi connectivity index (χ1v) is 22.4. The first-order valence-electron chi connectivity index (χ1n) is 20.4. The topological polar surface area (TPSA) is 18.5 Å². The highest BCUT2D eigenvalue weighted by molar-refractivity contribution is 7.20. The van der Waals surface area contributed by atoms with Crippen molar-refractivity contribution >= 4 is 28.8 Å². The molecule has 2 aliphatic heterocycles. The summed E-state index contributed by atoms with van der Waals surface area (Å²) in [5.74, 6) is 4.36. The van der Waals surface area contributed by atoms with Gasteiger partial charge in [0.15, 0.2) is 8.07 Å². The lowest BCUT2D eigenvalue weighted by Gasteiger charge is -2.41. The Bertz CT molecular complexity index is 2560. The first kappa shape index (κ1) is 34.8. The zero-order valence-electron chi connectivity index (χ0n) is 32.8. The van der Waals surface area contributed by atoms with Crippen molar-refractivity contribution in [3.8, 4) is 34.1 Å². The van der Waals surface area contributed by atoms with Gasteiger partial charge < -0.3 is 9.47 Å². The summed E-state index contributed by atoms with van der Waals surface area (Å²) in [4.78, 5) is 0. The molecule has 0 unspecified atom stereocenters. The van der Waals surface area contributed by atoms with Crippen molar-refractivity contribution in [1.29, 1.82) is 0 Å². The van der Waals surface area contributed by atoms with Crippen LogP contribution in [0.2, 0.25) is 0 Å². The van der Waals surface area contributed by atoms with Crippen LogP contribution in [-0.4, -0.2) is 8.07 Å². The van der Waals surface area contributed by atoms with Crippen LogP contribution in [-0.2, 0) is 10.8 Å². The van der Waals surface area contributed by atoms with E-state index in [-0.39, 0.29) is 10.8 Å². The highest BCUT2D eigenvalue weighted by Crippen LogP contribution is 2.53. The third-order valence-corrected chi connectivity index (χ3v) is 18.1. The number of rotatable bonds is 6. The standard InChI is InChI=1S/C53H48O2Si/c1-52(2)43-26-13-15-30-47(43)54-50-41(25-17-28-45(50)52)40-34-33-39(35-42(40)36-19-11-12-20-36)56(37-21-7-5-8-22-37,38-23-9-6-10-24-38)49-32-18-29-46-51(49)55-48-31-16-14-27-44(48)53(46,3)4/h5-10,13-18,21-36H,11-12,19-20H2,1-4H3. The molecule has 3 heteroatoms. The van der Waals surface area contributed by atoms with Crippen molar-refractivity contribution < 1.29 is 9.47 Å². The van der Waals surface area contributed by atoms with Gasteiger partial charge in [0.2, 0.25) is 0 Å². The third kappa shape index (κ3) is 5.20. The molecule has 1 fully saturated rings. The highest BCUT2D eigenvalue weighted by atomic mass is 28.3. The normalized spacial score (nSPS) is 16.4. The van der Waals surface area contributed by atoms with Gasteiger partial charge in [-0.3, -0.25) is 0 Å². The van der Waals surface area contributed by atoms with Gasteiger partial charge in [0.1, 0.15) is 23.0 Å². The maximum Gasteiger partial charge on any atom is 0.184 e. The van der Waals surface area contributed by atoms with E-state index < -0.39 is 8.07 Å². The Morgan fingerprint density at radius 2 is 0.946 bits per heavy atom. The quantitative estimate of drug-likeness (QED) is 0.125. The minimum Gasteiger partial charge on any atom is -0.457 e. The summed E-state index contributed by atoms with van der Waals surface area (Å²) in [7, 11) is -3.02. The van der Waals surface area contributed by atoms with E-state index in [2.05, 4.69) is 191 Å². The number of fused-ring (bicyclic) bond motifs is 4. The minimum absolute atomic E-state index is 0.185. The molecule has 276 valence electrons. The number of hydrogen-bond acceptors (Lipinski definition) is 2. The summed E-state index contributed by atoms with van der Waals surface area (Å²) in [6.45, 7) is 9.36. The van der Waals surface area contributed by atoms with E-state index in [1.807, 2.05) is 0 Å². The van der Waals surface area contributed by atoms with Crippen molar-refractivity contribution in [1.82, 2.24) is 0 Å².